The van der Waals surface area contributed by atoms with Crippen molar-refractivity contribution < 1.29 is 9.90 Å². The van der Waals surface area contributed by atoms with Gasteiger partial charge in [-0.25, -0.2) is 4.98 Å². The first-order valence-electron chi connectivity index (χ1n) is 6.14. The van der Waals surface area contributed by atoms with E-state index >= 15 is 0 Å². The van der Waals surface area contributed by atoms with Crippen molar-refractivity contribution in [2.24, 2.45) is 0 Å². The molecule has 1 amide bonds. The smallest absolute Gasteiger partial charge is 0.252 e. The minimum absolute atomic E-state index is 0.206. The molecule has 0 aliphatic heterocycles. The van der Waals surface area contributed by atoms with E-state index in [4.69, 9.17) is 0 Å². The molecule has 1 aromatic rings. The second-order valence-corrected chi connectivity index (χ2v) is 4.45. The molecule has 1 unspecified atom stereocenters. The van der Waals surface area contributed by atoms with Gasteiger partial charge in [0.2, 0.25) is 0 Å². The lowest BCUT2D eigenvalue weighted by molar-refractivity contribution is 0.0910. The number of nitrogens with zero attached hydrogens (tertiary/aromatic N) is 2. The quantitative estimate of drug-likeness (QED) is 0.793. The molecule has 0 saturated carbocycles. The Morgan fingerprint density at radius 1 is 1.50 bits per heavy atom. The maximum atomic E-state index is 11.8. The van der Waals surface area contributed by atoms with Crippen LogP contribution in [0.2, 0.25) is 0 Å². The molecule has 0 saturated heterocycles. The van der Waals surface area contributed by atoms with Gasteiger partial charge in [0.25, 0.3) is 5.91 Å². The van der Waals surface area contributed by atoms with Gasteiger partial charge in [-0.05, 0) is 18.6 Å². The van der Waals surface area contributed by atoms with Crippen LogP contribution in [0.1, 0.15) is 30.1 Å². The molecular formula is C13H21N3O2. The van der Waals surface area contributed by atoms with Crippen LogP contribution < -0.4 is 10.2 Å². The van der Waals surface area contributed by atoms with Crippen molar-refractivity contribution in [1.29, 1.82) is 0 Å². The Balaban J connectivity index is 2.51. The van der Waals surface area contributed by atoms with Gasteiger partial charge >= 0.3 is 0 Å². The Morgan fingerprint density at radius 2 is 2.22 bits per heavy atom. The van der Waals surface area contributed by atoms with Gasteiger partial charge < -0.3 is 15.3 Å². The number of hydrogen-bond acceptors (Lipinski definition) is 4. The van der Waals surface area contributed by atoms with E-state index in [2.05, 4.69) is 10.3 Å². The molecule has 1 atom stereocenters. The highest BCUT2D eigenvalue weighted by molar-refractivity contribution is 5.94. The van der Waals surface area contributed by atoms with Crippen LogP contribution in [-0.4, -0.2) is 42.7 Å². The first-order valence-corrected chi connectivity index (χ1v) is 6.14. The van der Waals surface area contributed by atoms with Crippen molar-refractivity contribution >= 4 is 11.7 Å². The normalized spacial score (nSPS) is 12.0. The van der Waals surface area contributed by atoms with E-state index in [9.17, 15) is 9.90 Å². The van der Waals surface area contributed by atoms with E-state index in [-0.39, 0.29) is 12.5 Å². The van der Waals surface area contributed by atoms with Gasteiger partial charge in [-0.1, -0.05) is 13.3 Å². The number of aliphatic hydroxyl groups is 1. The summed E-state index contributed by atoms with van der Waals surface area (Å²) < 4.78 is 0. The Morgan fingerprint density at radius 3 is 2.72 bits per heavy atom. The highest BCUT2D eigenvalue weighted by Gasteiger charge is 2.09. The molecular weight excluding hydrogens is 230 g/mol. The van der Waals surface area contributed by atoms with Crippen molar-refractivity contribution in [3.8, 4) is 0 Å². The third kappa shape index (κ3) is 4.33. The molecule has 0 bridgehead atoms. The number of nitrogens with one attached hydrogen (secondary N) is 1. The summed E-state index contributed by atoms with van der Waals surface area (Å²) in [5.74, 6) is 0.598. The lowest BCUT2D eigenvalue weighted by Crippen LogP contribution is -2.32. The van der Waals surface area contributed by atoms with Gasteiger partial charge in [-0.3, -0.25) is 4.79 Å². The standard InChI is InChI=1S/C13H21N3O2/c1-4-5-11(17)9-15-13(18)10-6-7-12(14-8-10)16(2)3/h6-8,11,17H,4-5,9H2,1-3H3,(H,15,18). The minimum Gasteiger partial charge on any atom is -0.391 e. The number of aliphatic hydroxyl groups excluding tert-OH is 1. The summed E-state index contributed by atoms with van der Waals surface area (Å²) in [6, 6.07) is 3.52. The number of rotatable bonds is 6. The van der Waals surface area contributed by atoms with Crippen LogP contribution in [0.15, 0.2) is 18.3 Å². The predicted octanol–water partition coefficient (Wildman–Crippen LogP) is 1.04. The lowest BCUT2D eigenvalue weighted by Gasteiger charge is -2.12. The third-order valence-electron chi connectivity index (χ3n) is 2.59. The van der Waals surface area contributed by atoms with Gasteiger partial charge in [0.1, 0.15) is 5.82 Å². The molecule has 0 aliphatic rings. The second-order valence-electron chi connectivity index (χ2n) is 4.45. The Kier molecular flexibility index (Phi) is 5.58. The molecule has 1 heterocycles. The van der Waals surface area contributed by atoms with Gasteiger partial charge in [0, 0.05) is 26.8 Å². The molecule has 18 heavy (non-hydrogen) atoms. The van der Waals surface area contributed by atoms with Crippen molar-refractivity contribution in [3.05, 3.63) is 23.9 Å². The van der Waals surface area contributed by atoms with Gasteiger partial charge in [-0.2, -0.15) is 0 Å². The zero-order valence-electron chi connectivity index (χ0n) is 11.2. The zero-order chi connectivity index (χ0) is 13.5. The first kappa shape index (κ1) is 14.4. The molecule has 0 aromatic carbocycles. The fourth-order valence-electron chi connectivity index (χ4n) is 1.53. The fourth-order valence-corrected chi connectivity index (χ4v) is 1.53. The van der Waals surface area contributed by atoms with Crippen LogP contribution in [0.5, 0.6) is 0 Å². The van der Waals surface area contributed by atoms with Crippen molar-refractivity contribution in [3.63, 3.8) is 0 Å². The third-order valence-corrected chi connectivity index (χ3v) is 2.59. The minimum atomic E-state index is -0.479. The van der Waals surface area contributed by atoms with E-state index in [1.807, 2.05) is 25.9 Å². The number of carbonyl (C=O) groups is 1. The number of carbonyl (C=O) groups excluding carboxylic acids is 1. The van der Waals surface area contributed by atoms with E-state index < -0.39 is 6.10 Å². The summed E-state index contributed by atoms with van der Waals surface area (Å²) in [7, 11) is 3.78. The summed E-state index contributed by atoms with van der Waals surface area (Å²) in [5.41, 5.74) is 0.504. The predicted molar refractivity (Wildman–Crippen MR) is 71.8 cm³/mol. The monoisotopic (exact) mass is 251 g/mol. The van der Waals surface area contributed by atoms with Crippen molar-refractivity contribution in [2.75, 3.05) is 25.5 Å². The number of hydrogen-bond donors (Lipinski definition) is 2. The fraction of sp³-hybridized carbons (Fsp3) is 0.538. The molecule has 0 radical (unpaired) electrons. The summed E-state index contributed by atoms with van der Waals surface area (Å²) in [5, 5.41) is 12.2. The van der Waals surface area contributed by atoms with Crippen LogP contribution >= 0.6 is 0 Å². The topological polar surface area (TPSA) is 65.5 Å². The Labute approximate surface area is 108 Å². The number of pyridine rings is 1. The molecule has 0 fully saturated rings. The molecule has 5 heteroatoms. The molecule has 0 aliphatic carbocycles. The van der Waals surface area contributed by atoms with Gasteiger partial charge in [0.15, 0.2) is 0 Å². The maximum Gasteiger partial charge on any atom is 0.252 e. The molecule has 5 nitrogen and oxygen atoms in total. The Bertz CT molecular complexity index is 376. The summed E-state index contributed by atoms with van der Waals surface area (Å²) in [6.07, 6.45) is 2.65. The average Bonchev–Trinajstić information content (AvgIpc) is 2.36. The molecule has 100 valence electrons. The van der Waals surface area contributed by atoms with E-state index in [0.717, 1.165) is 12.2 Å². The van der Waals surface area contributed by atoms with Crippen molar-refractivity contribution in [1.82, 2.24) is 10.3 Å². The molecule has 1 aromatic heterocycles. The van der Waals surface area contributed by atoms with Crippen LogP contribution in [0.4, 0.5) is 5.82 Å². The largest absolute Gasteiger partial charge is 0.391 e. The van der Waals surface area contributed by atoms with Crippen LogP contribution in [0, 0.1) is 0 Å². The molecule has 1 rings (SSSR count). The van der Waals surface area contributed by atoms with E-state index in [1.54, 1.807) is 12.1 Å². The highest BCUT2D eigenvalue weighted by Crippen LogP contribution is 2.07. The first-order chi connectivity index (χ1) is 8.54. The second kappa shape index (κ2) is 6.96. The van der Waals surface area contributed by atoms with E-state index in [0.29, 0.717) is 12.0 Å². The summed E-state index contributed by atoms with van der Waals surface area (Å²) in [6.45, 7) is 2.27. The number of anilines is 1. The molecule has 0 spiro atoms. The number of aromatic nitrogens is 1. The van der Waals surface area contributed by atoms with Crippen LogP contribution in [0.3, 0.4) is 0 Å². The number of amides is 1. The van der Waals surface area contributed by atoms with Gasteiger partial charge in [0.05, 0.1) is 11.7 Å². The molecule has 2 N–H and O–H groups in total. The van der Waals surface area contributed by atoms with Gasteiger partial charge in [-0.15, -0.1) is 0 Å². The highest BCUT2D eigenvalue weighted by atomic mass is 16.3. The van der Waals surface area contributed by atoms with Crippen LogP contribution in [0.25, 0.3) is 0 Å². The lowest BCUT2D eigenvalue weighted by atomic mass is 10.2. The maximum absolute atomic E-state index is 11.8. The Hall–Kier alpha value is -1.62. The van der Waals surface area contributed by atoms with Crippen molar-refractivity contribution in [2.45, 2.75) is 25.9 Å². The zero-order valence-corrected chi connectivity index (χ0v) is 11.2. The summed E-state index contributed by atoms with van der Waals surface area (Å²) >= 11 is 0. The SMILES string of the molecule is CCCC(O)CNC(=O)c1ccc(N(C)C)nc1. The van der Waals surface area contributed by atoms with E-state index in [1.165, 1.54) is 6.20 Å². The van der Waals surface area contributed by atoms with Crippen LogP contribution in [-0.2, 0) is 0 Å². The average molecular weight is 251 g/mol. The summed E-state index contributed by atoms with van der Waals surface area (Å²) in [4.78, 5) is 17.8.